The summed E-state index contributed by atoms with van der Waals surface area (Å²) >= 11 is 1.62. The number of aromatic nitrogens is 2. The highest BCUT2D eigenvalue weighted by Crippen LogP contribution is 2.30. The minimum Gasteiger partial charge on any atom is -0.362 e. The molecule has 1 amide bonds. The standard InChI is InChI=1S/C17H18N4OS/c1-11-14-13(10-23-11)19-15(20-16(14)21(2)3)17(22)18-9-12-7-5-4-6-8-12/h4-8,10H,9H2,1-3H3,(H,18,22). The second kappa shape index (κ2) is 6.34. The van der Waals surface area contributed by atoms with Gasteiger partial charge in [0.1, 0.15) is 5.82 Å². The Bertz CT molecular complexity index is 842. The van der Waals surface area contributed by atoms with Gasteiger partial charge in [0.2, 0.25) is 5.82 Å². The van der Waals surface area contributed by atoms with Crippen molar-refractivity contribution in [1.29, 1.82) is 0 Å². The van der Waals surface area contributed by atoms with E-state index in [2.05, 4.69) is 15.3 Å². The Labute approximate surface area is 139 Å². The minimum atomic E-state index is -0.261. The molecule has 3 rings (SSSR count). The SMILES string of the molecule is Cc1scc2nc(C(=O)NCc3ccccc3)nc(N(C)C)c12. The summed E-state index contributed by atoms with van der Waals surface area (Å²) in [6.07, 6.45) is 0. The fraction of sp³-hybridized carbons (Fsp3) is 0.235. The van der Waals surface area contributed by atoms with Gasteiger partial charge in [0.15, 0.2) is 0 Å². The minimum absolute atomic E-state index is 0.204. The Morgan fingerprint density at radius 3 is 2.65 bits per heavy atom. The number of carbonyl (C=O) groups is 1. The van der Waals surface area contributed by atoms with Crippen molar-refractivity contribution in [3.05, 3.63) is 52.0 Å². The molecule has 23 heavy (non-hydrogen) atoms. The maximum absolute atomic E-state index is 12.4. The number of rotatable bonds is 4. The van der Waals surface area contributed by atoms with E-state index in [0.29, 0.717) is 6.54 Å². The van der Waals surface area contributed by atoms with E-state index in [0.717, 1.165) is 27.2 Å². The summed E-state index contributed by atoms with van der Waals surface area (Å²) in [5, 5.41) is 5.85. The van der Waals surface area contributed by atoms with Crippen LogP contribution in [0.15, 0.2) is 35.7 Å². The first kappa shape index (κ1) is 15.4. The van der Waals surface area contributed by atoms with E-state index in [1.807, 2.05) is 61.6 Å². The Balaban J connectivity index is 1.88. The highest BCUT2D eigenvalue weighted by Gasteiger charge is 2.17. The van der Waals surface area contributed by atoms with Crippen LogP contribution in [0.5, 0.6) is 0 Å². The normalized spacial score (nSPS) is 10.7. The fourth-order valence-corrected chi connectivity index (χ4v) is 3.15. The van der Waals surface area contributed by atoms with E-state index in [4.69, 9.17) is 0 Å². The first-order valence-electron chi connectivity index (χ1n) is 7.31. The fourth-order valence-electron chi connectivity index (χ4n) is 2.37. The molecule has 3 aromatic rings. The van der Waals surface area contributed by atoms with Crippen LogP contribution < -0.4 is 10.2 Å². The third-order valence-electron chi connectivity index (χ3n) is 3.54. The molecule has 6 heteroatoms. The number of benzene rings is 1. The predicted molar refractivity (Wildman–Crippen MR) is 94.1 cm³/mol. The van der Waals surface area contributed by atoms with Crippen LogP contribution in [0.2, 0.25) is 0 Å². The average Bonchev–Trinajstić information content (AvgIpc) is 2.94. The summed E-state index contributed by atoms with van der Waals surface area (Å²) in [4.78, 5) is 24.3. The smallest absolute Gasteiger partial charge is 0.289 e. The molecule has 2 aromatic heterocycles. The molecule has 0 aliphatic rings. The van der Waals surface area contributed by atoms with Crippen LogP contribution in [0.4, 0.5) is 5.82 Å². The van der Waals surface area contributed by atoms with E-state index in [-0.39, 0.29) is 11.7 Å². The third-order valence-corrected chi connectivity index (χ3v) is 4.44. The maximum atomic E-state index is 12.4. The molecule has 0 aliphatic heterocycles. The number of nitrogens with zero attached hydrogens (tertiary/aromatic N) is 3. The molecule has 1 N–H and O–H groups in total. The Morgan fingerprint density at radius 1 is 1.22 bits per heavy atom. The van der Waals surface area contributed by atoms with E-state index < -0.39 is 0 Å². The lowest BCUT2D eigenvalue weighted by Gasteiger charge is -2.14. The van der Waals surface area contributed by atoms with Crippen molar-refractivity contribution in [2.75, 3.05) is 19.0 Å². The zero-order valence-corrected chi connectivity index (χ0v) is 14.1. The number of fused-ring (bicyclic) bond motifs is 1. The number of hydrogen-bond donors (Lipinski definition) is 1. The quantitative estimate of drug-likeness (QED) is 0.801. The molecule has 2 heterocycles. The zero-order chi connectivity index (χ0) is 16.4. The zero-order valence-electron chi connectivity index (χ0n) is 13.3. The summed E-state index contributed by atoms with van der Waals surface area (Å²) in [5.74, 6) is 0.719. The van der Waals surface area contributed by atoms with Gasteiger partial charge < -0.3 is 10.2 Å². The first-order chi connectivity index (χ1) is 11.1. The van der Waals surface area contributed by atoms with Crippen molar-refractivity contribution < 1.29 is 4.79 Å². The van der Waals surface area contributed by atoms with Crippen molar-refractivity contribution in [2.45, 2.75) is 13.5 Å². The van der Waals surface area contributed by atoms with Gasteiger partial charge in [-0.15, -0.1) is 11.3 Å². The van der Waals surface area contributed by atoms with E-state index in [9.17, 15) is 4.79 Å². The summed E-state index contributed by atoms with van der Waals surface area (Å²) in [5.41, 5.74) is 1.86. The van der Waals surface area contributed by atoms with Gasteiger partial charge in [-0.2, -0.15) is 0 Å². The van der Waals surface area contributed by atoms with Crippen molar-refractivity contribution in [3.8, 4) is 0 Å². The number of aryl methyl sites for hydroxylation is 1. The maximum Gasteiger partial charge on any atom is 0.289 e. The summed E-state index contributed by atoms with van der Waals surface area (Å²) in [7, 11) is 3.84. The molecule has 0 fully saturated rings. The number of anilines is 1. The molecule has 0 unspecified atom stereocenters. The number of amides is 1. The van der Waals surface area contributed by atoms with Crippen LogP contribution in [0.1, 0.15) is 21.1 Å². The summed E-state index contributed by atoms with van der Waals surface area (Å²) in [6, 6.07) is 9.78. The molecule has 0 aliphatic carbocycles. The molecule has 0 bridgehead atoms. The second-order valence-electron chi connectivity index (χ2n) is 5.49. The lowest BCUT2D eigenvalue weighted by atomic mass is 10.2. The highest BCUT2D eigenvalue weighted by atomic mass is 32.1. The first-order valence-corrected chi connectivity index (χ1v) is 8.19. The van der Waals surface area contributed by atoms with E-state index >= 15 is 0 Å². The van der Waals surface area contributed by atoms with Gasteiger partial charge in [0.05, 0.1) is 10.9 Å². The van der Waals surface area contributed by atoms with Crippen molar-refractivity contribution in [1.82, 2.24) is 15.3 Å². The van der Waals surface area contributed by atoms with Crippen molar-refractivity contribution in [2.24, 2.45) is 0 Å². The average molecular weight is 326 g/mol. The van der Waals surface area contributed by atoms with E-state index in [1.54, 1.807) is 11.3 Å². The number of hydrogen-bond acceptors (Lipinski definition) is 5. The lowest BCUT2D eigenvalue weighted by molar-refractivity contribution is 0.0941. The molecular weight excluding hydrogens is 308 g/mol. The summed E-state index contributed by atoms with van der Waals surface area (Å²) < 4.78 is 0. The van der Waals surface area contributed by atoms with Gasteiger partial charge in [-0.05, 0) is 12.5 Å². The molecule has 0 radical (unpaired) electrons. The highest BCUT2D eigenvalue weighted by molar-refractivity contribution is 7.11. The second-order valence-corrected chi connectivity index (χ2v) is 6.57. The molecule has 118 valence electrons. The van der Waals surface area contributed by atoms with Gasteiger partial charge in [-0.1, -0.05) is 30.3 Å². The largest absolute Gasteiger partial charge is 0.362 e. The van der Waals surface area contributed by atoms with Crippen molar-refractivity contribution >= 4 is 34.0 Å². The molecule has 0 saturated carbocycles. The number of nitrogens with one attached hydrogen (secondary N) is 1. The molecule has 1 aromatic carbocycles. The van der Waals surface area contributed by atoms with Crippen LogP contribution in [-0.2, 0) is 6.54 Å². The van der Waals surface area contributed by atoms with Crippen LogP contribution in [-0.4, -0.2) is 30.0 Å². The van der Waals surface area contributed by atoms with Crippen LogP contribution in [0.3, 0.4) is 0 Å². The summed E-state index contributed by atoms with van der Waals surface area (Å²) in [6.45, 7) is 2.50. The molecular formula is C17H18N4OS. The number of carbonyl (C=O) groups excluding carboxylic acids is 1. The van der Waals surface area contributed by atoms with Crippen LogP contribution in [0, 0.1) is 6.92 Å². The Kier molecular flexibility index (Phi) is 4.25. The molecule has 0 saturated heterocycles. The Morgan fingerprint density at radius 2 is 1.96 bits per heavy atom. The van der Waals surface area contributed by atoms with Gasteiger partial charge in [-0.3, -0.25) is 4.79 Å². The third kappa shape index (κ3) is 3.17. The monoisotopic (exact) mass is 326 g/mol. The van der Waals surface area contributed by atoms with Gasteiger partial charge in [-0.25, -0.2) is 9.97 Å². The molecule has 0 atom stereocenters. The van der Waals surface area contributed by atoms with Gasteiger partial charge in [0, 0.05) is 30.9 Å². The Hall–Kier alpha value is -2.47. The molecule has 5 nitrogen and oxygen atoms in total. The lowest BCUT2D eigenvalue weighted by Crippen LogP contribution is -2.26. The van der Waals surface area contributed by atoms with Crippen molar-refractivity contribution in [3.63, 3.8) is 0 Å². The van der Waals surface area contributed by atoms with Crippen LogP contribution >= 0.6 is 11.3 Å². The molecule has 0 spiro atoms. The van der Waals surface area contributed by atoms with Gasteiger partial charge >= 0.3 is 0 Å². The predicted octanol–water partition coefficient (Wildman–Crippen LogP) is 3.00. The van der Waals surface area contributed by atoms with E-state index in [1.165, 1.54) is 0 Å². The van der Waals surface area contributed by atoms with Gasteiger partial charge in [0.25, 0.3) is 5.91 Å². The van der Waals surface area contributed by atoms with Crippen LogP contribution in [0.25, 0.3) is 10.9 Å². The topological polar surface area (TPSA) is 58.1 Å². The number of thiophene rings is 1.